The molecule has 0 amide bonds. The lowest BCUT2D eigenvalue weighted by atomic mass is 10.1. The van der Waals surface area contributed by atoms with Gasteiger partial charge in [0.25, 0.3) is 0 Å². The number of rotatable bonds is 2. The van der Waals surface area contributed by atoms with Gasteiger partial charge in [-0.05, 0) is 12.6 Å². The zero-order valence-electron chi connectivity index (χ0n) is 10.0. The van der Waals surface area contributed by atoms with Gasteiger partial charge >= 0.3 is 0 Å². The third kappa shape index (κ3) is 3.71. The molecule has 0 spiro atoms. The maximum Gasteiger partial charge on any atom is 0.111 e. The van der Waals surface area contributed by atoms with Crippen LogP contribution in [0.5, 0.6) is 0 Å². The largest absolute Gasteiger partial charge is 0.302 e. The fourth-order valence-electron chi connectivity index (χ4n) is 2.09. The third-order valence-corrected chi connectivity index (χ3v) is 3.07. The number of nitriles is 1. The first-order valence-corrected chi connectivity index (χ1v) is 5.66. The molecular formula is C13H18ClN3. The Bertz CT molecular complexity index is 374. The highest BCUT2D eigenvalue weighted by Gasteiger charge is 2.24. The van der Waals surface area contributed by atoms with Gasteiger partial charge in [0.2, 0.25) is 0 Å². The van der Waals surface area contributed by atoms with E-state index < -0.39 is 0 Å². The van der Waals surface area contributed by atoms with E-state index in [1.807, 2.05) is 18.2 Å². The van der Waals surface area contributed by atoms with Crippen molar-refractivity contribution in [1.29, 1.82) is 5.26 Å². The van der Waals surface area contributed by atoms with Gasteiger partial charge in [0.1, 0.15) is 6.04 Å². The van der Waals surface area contributed by atoms with Gasteiger partial charge in [-0.25, -0.2) is 0 Å². The van der Waals surface area contributed by atoms with Crippen molar-refractivity contribution < 1.29 is 0 Å². The molecule has 0 aromatic heterocycles. The lowest BCUT2D eigenvalue weighted by molar-refractivity contribution is 0.113. The fraction of sp³-hybridized carbons (Fsp3) is 0.462. The highest BCUT2D eigenvalue weighted by Crippen LogP contribution is 2.12. The number of halogens is 1. The summed E-state index contributed by atoms with van der Waals surface area (Å²) in [6.45, 7) is 3.75. The summed E-state index contributed by atoms with van der Waals surface area (Å²) in [4.78, 5) is 4.48. The van der Waals surface area contributed by atoms with Crippen LogP contribution in [0.15, 0.2) is 30.3 Å². The van der Waals surface area contributed by atoms with E-state index in [1.165, 1.54) is 5.56 Å². The van der Waals surface area contributed by atoms with Crippen LogP contribution in [-0.4, -0.2) is 42.5 Å². The van der Waals surface area contributed by atoms with E-state index in [0.717, 1.165) is 26.2 Å². The summed E-state index contributed by atoms with van der Waals surface area (Å²) in [5.41, 5.74) is 1.28. The maximum atomic E-state index is 9.14. The molecule has 1 heterocycles. The molecule has 4 heteroatoms. The summed E-state index contributed by atoms with van der Waals surface area (Å²) in [5.74, 6) is 0. The SMILES string of the molecule is CN1CCN(Cc2ccccc2)C(C#N)C1.Cl. The van der Waals surface area contributed by atoms with Gasteiger partial charge in [-0.1, -0.05) is 30.3 Å². The first-order valence-electron chi connectivity index (χ1n) is 5.66. The molecule has 0 saturated carbocycles. The molecule has 1 atom stereocenters. The standard InChI is InChI=1S/C13H17N3.ClH/c1-15-7-8-16(13(9-14)11-15)10-12-5-3-2-4-6-12;/h2-6,13H,7-8,10-11H2,1H3;1H. The molecule has 1 unspecified atom stereocenters. The molecule has 0 radical (unpaired) electrons. The highest BCUT2D eigenvalue weighted by molar-refractivity contribution is 5.85. The summed E-state index contributed by atoms with van der Waals surface area (Å²) in [6, 6.07) is 12.8. The van der Waals surface area contributed by atoms with Crippen LogP contribution in [0.3, 0.4) is 0 Å². The Labute approximate surface area is 109 Å². The van der Waals surface area contributed by atoms with E-state index >= 15 is 0 Å². The predicted molar refractivity (Wildman–Crippen MR) is 71.0 cm³/mol. The minimum absolute atomic E-state index is 0. The number of piperazine rings is 1. The second-order valence-corrected chi connectivity index (χ2v) is 4.36. The molecule has 1 aromatic carbocycles. The van der Waals surface area contributed by atoms with Gasteiger partial charge in [0, 0.05) is 26.2 Å². The highest BCUT2D eigenvalue weighted by atomic mass is 35.5. The summed E-state index contributed by atoms with van der Waals surface area (Å²) in [7, 11) is 2.07. The molecule has 3 nitrogen and oxygen atoms in total. The van der Waals surface area contributed by atoms with E-state index in [-0.39, 0.29) is 18.4 Å². The van der Waals surface area contributed by atoms with Gasteiger partial charge in [-0.2, -0.15) is 5.26 Å². The summed E-state index contributed by atoms with van der Waals surface area (Å²) in [6.07, 6.45) is 0. The Morgan fingerprint density at radius 3 is 2.65 bits per heavy atom. The van der Waals surface area contributed by atoms with Crippen LogP contribution in [0.4, 0.5) is 0 Å². The van der Waals surface area contributed by atoms with Crippen molar-refractivity contribution in [2.75, 3.05) is 26.7 Å². The van der Waals surface area contributed by atoms with Crippen LogP contribution in [0.2, 0.25) is 0 Å². The topological polar surface area (TPSA) is 30.3 Å². The maximum absolute atomic E-state index is 9.14. The molecule has 1 fully saturated rings. The Morgan fingerprint density at radius 1 is 1.29 bits per heavy atom. The zero-order chi connectivity index (χ0) is 11.4. The monoisotopic (exact) mass is 251 g/mol. The van der Waals surface area contributed by atoms with E-state index in [1.54, 1.807) is 0 Å². The number of likely N-dealkylation sites (N-methyl/N-ethyl adjacent to an activating group) is 1. The molecule has 17 heavy (non-hydrogen) atoms. The average molecular weight is 252 g/mol. The van der Waals surface area contributed by atoms with Crippen LogP contribution < -0.4 is 0 Å². The molecule has 1 aliphatic rings. The number of nitrogens with zero attached hydrogens (tertiary/aromatic N) is 3. The van der Waals surface area contributed by atoms with Gasteiger partial charge in [-0.3, -0.25) is 4.90 Å². The van der Waals surface area contributed by atoms with Crippen LogP contribution in [0.25, 0.3) is 0 Å². The van der Waals surface area contributed by atoms with Gasteiger partial charge in [0.05, 0.1) is 6.07 Å². The first kappa shape index (κ1) is 14.0. The van der Waals surface area contributed by atoms with Gasteiger partial charge in [0.15, 0.2) is 0 Å². The smallest absolute Gasteiger partial charge is 0.111 e. The normalized spacial score (nSPS) is 21.5. The Morgan fingerprint density at radius 2 is 2.00 bits per heavy atom. The Balaban J connectivity index is 0.00000144. The van der Waals surface area contributed by atoms with E-state index in [4.69, 9.17) is 5.26 Å². The third-order valence-electron chi connectivity index (χ3n) is 3.07. The molecule has 1 saturated heterocycles. The zero-order valence-corrected chi connectivity index (χ0v) is 10.9. The number of hydrogen-bond donors (Lipinski definition) is 0. The minimum atomic E-state index is 0. The molecule has 0 N–H and O–H groups in total. The van der Waals surface area contributed by atoms with Crippen LogP contribution in [-0.2, 0) is 6.54 Å². The van der Waals surface area contributed by atoms with Crippen molar-refractivity contribution in [2.24, 2.45) is 0 Å². The van der Waals surface area contributed by atoms with Crippen LogP contribution in [0.1, 0.15) is 5.56 Å². The van der Waals surface area contributed by atoms with Crippen molar-refractivity contribution in [3.05, 3.63) is 35.9 Å². The van der Waals surface area contributed by atoms with Gasteiger partial charge in [-0.15, -0.1) is 12.4 Å². The van der Waals surface area contributed by atoms with E-state index in [2.05, 4.69) is 35.0 Å². The van der Waals surface area contributed by atoms with Crippen molar-refractivity contribution in [3.63, 3.8) is 0 Å². The van der Waals surface area contributed by atoms with Crippen molar-refractivity contribution in [3.8, 4) is 6.07 Å². The Kier molecular flexibility index (Phi) is 5.43. The minimum Gasteiger partial charge on any atom is -0.302 e. The lowest BCUT2D eigenvalue weighted by Crippen LogP contribution is -2.50. The predicted octanol–water partition coefficient (Wildman–Crippen LogP) is 1.75. The Hall–Kier alpha value is -1.08. The lowest BCUT2D eigenvalue weighted by Gasteiger charge is -2.36. The summed E-state index contributed by atoms with van der Waals surface area (Å²) in [5, 5.41) is 9.14. The molecule has 1 aromatic rings. The molecule has 1 aliphatic heterocycles. The first-order chi connectivity index (χ1) is 7.79. The second-order valence-electron chi connectivity index (χ2n) is 4.36. The van der Waals surface area contributed by atoms with Crippen LogP contribution >= 0.6 is 12.4 Å². The molecule has 0 aliphatic carbocycles. The molecule has 2 rings (SSSR count). The number of hydrogen-bond acceptors (Lipinski definition) is 3. The van der Waals surface area contributed by atoms with Crippen molar-refractivity contribution >= 4 is 12.4 Å². The molecule has 0 bridgehead atoms. The molecule has 92 valence electrons. The van der Waals surface area contributed by atoms with Crippen molar-refractivity contribution in [1.82, 2.24) is 9.80 Å². The number of benzene rings is 1. The summed E-state index contributed by atoms with van der Waals surface area (Å²) < 4.78 is 0. The average Bonchev–Trinajstić information content (AvgIpc) is 2.33. The van der Waals surface area contributed by atoms with E-state index in [9.17, 15) is 0 Å². The summed E-state index contributed by atoms with van der Waals surface area (Å²) >= 11 is 0. The van der Waals surface area contributed by atoms with Crippen molar-refractivity contribution in [2.45, 2.75) is 12.6 Å². The molecular weight excluding hydrogens is 234 g/mol. The van der Waals surface area contributed by atoms with Gasteiger partial charge < -0.3 is 4.90 Å². The second kappa shape index (κ2) is 6.61. The quantitative estimate of drug-likeness (QED) is 0.802. The van der Waals surface area contributed by atoms with E-state index in [0.29, 0.717) is 0 Å². The van der Waals surface area contributed by atoms with Crippen LogP contribution in [0, 0.1) is 11.3 Å². The fourth-order valence-corrected chi connectivity index (χ4v) is 2.09.